The molecular weight excluding hydrogens is 364 g/mol. The second kappa shape index (κ2) is 8.62. The average molecular weight is 394 g/mol. The average Bonchev–Trinajstić information content (AvgIpc) is 2.79. The molecular formula is C28H29N2+. The highest BCUT2D eigenvalue weighted by atomic mass is 14.9. The largest absolute Gasteiger partial charge is 0.210 e. The molecule has 0 aliphatic carbocycles. The van der Waals surface area contributed by atoms with Gasteiger partial charge in [-0.15, -0.1) is 11.6 Å². The first-order chi connectivity index (χ1) is 14.5. The molecule has 4 rings (SSSR count). The Balaban J connectivity index is 1.51. The molecule has 0 unspecified atom stereocenters. The predicted octanol–water partition coefficient (Wildman–Crippen LogP) is 5.95. The van der Waals surface area contributed by atoms with Crippen LogP contribution < -0.4 is 9.13 Å². The van der Waals surface area contributed by atoms with Crippen molar-refractivity contribution < 1.29 is 9.13 Å². The zero-order valence-electron chi connectivity index (χ0n) is 18.2. The van der Waals surface area contributed by atoms with Crippen LogP contribution in [-0.4, -0.2) is 0 Å². The highest BCUT2D eigenvalue weighted by Crippen LogP contribution is 2.18. The van der Waals surface area contributed by atoms with E-state index in [1.54, 1.807) is 0 Å². The molecule has 0 saturated carbocycles. The van der Waals surface area contributed by atoms with Crippen LogP contribution in [0.25, 0.3) is 22.5 Å². The van der Waals surface area contributed by atoms with Crippen molar-refractivity contribution >= 4 is 0 Å². The first-order valence-electron chi connectivity index (χ1n) is 10.7. The van der Waals surface area contributed by atoms with Gasteiger partial charge in [-0.3, -0.25) is 0 Å². The van der Waals surface area contributed by atoms with E-state index in [-0.39, 0.29) is 0 Å². The van der Waals surface area contributed by atoms with Crippen LogP contribution in [0.3, 0.4) is 0 Å². The molecule has 0 radical (unpaired) electrons. The summed E-state index contributed by atoms with van der Waals surface area (Å²) in [6.07, 6.45) is 8.33. The van der Waals surface area contributed by atoms with Gasteiger partial charge in [-0.05, 0) is 35.1 Å². The summed E-state index contributed by atoms with van der Waals surface area (Å²) in [5.74, 6) is 1.10. The van der Waals surface area contributed by atoms with Crippen LogP contribution >= 0.6 is 0 Å². The molecule has 2 aromatic carbocycles. The van der Waals surface area contributed by atoms with E-state index in [0.29, 0.717) is 11.8 Å². The van der Waals surface area contributed by atoms with Crippen molar-refractivity contribution in [3.63, 3.8) is 0 Å². The maximum Gasteiger partial charge on any atom is 0.210 e. The summed E-state index contributed by atoms with van der Waals surface area (Å²) in [5, 5.41) is 0. The zero-order chi connectivity index (χ0) is 21.1. The highest BCUT2D eigenvalue weighted by molar-refractivity contribution is 5.60. The number of nitrogens with zero attached hydrogens (tertiary/aromatic N) is 2. The molecule has 150 valence electrons. The highest BCUT2D eigenvalue weighted by Gasteiger charge is 2.07. The molecule has 0 amide bonds. The van der Waals surface area contributed by atoms with Crippen LogP contribution in [0.2, 0.25) is 0 Å². The van der Waals surface area contributed by atoms with Gasteiger partial charge < -0.3 is 0 Å². The number of hydrogen-bond acceptors (Lipinski definition) is 0. The molecule has 0 aliphatic heterocycles. The number of aromatic nitrogens is 2. The molecule has 0 saturated heterocycles. The van der Waals surface area contributed by atoms with Gasteiger partial charge in [0.2, 0.25) is 11.4 Å². The Morgan fingerprint density at radius 3 is 1.47 bits per heavy atom. The summed E-state index contributed by atoms with van der Waals surface area (Å²) in [7, 11) is 0. The van der Waals surface area contributed by atoms with Gasteiger partial charge in [-0.2, -0.15) is 14.7 Å². The van der Waals surface area contributed by atoms with Crippen molar-refractivity contribution in [1.82, 2.24) is 0 Å². The van der Waals surface area contributed by atoms with Crippen molar-refractivity contribution in [3.8, 4) is 22.5 Å². The van der Waals surface area contributed by atoms with E-state index in [1.807, 2.05) is 6.20 Å². The van der Waals surface area contributed by atoms with E-state index in [1.165, 1.54) is 16.8 Å². The third-order valence-electron chi connectivity index (χ3n) is 5.62. The van der Waals surface area contributed by atoms with Crippen LogP contribution in [0.1, 0.15) is 50.7 Å². The molecule has 0 aliphatic rings. The van der Waals surface area contributed by atoms with E-state index in [2.05, 4.69) is 128 Å². The number of pyridine rings is 2. The molecule has 30 heavy (non-hydrogen) atoms. The minimum Gasteiger partial charge on any atom is -0.191 e. The van der Waals surface area contributed by atoms with Gasteiger partial charge in [0, 0.05) is 24.3 Å². The van der Waals surface area contributed by atoms with Crippen LogP contribution in [0.5, 0.6) is 0 Å². The summed E-state index contributed by atoms with van der Waals surface area (Å²) < 4.78 is 4.25. The van der Waals surface area contributed by atoms with E-state index in [9.17, 15) is 0 Å². The van der Waals surface area contributed by atoms with Gasteiger partial charge in [0.1, 0.15) is 12.4 Å². The Bertz CT molecular complexity index is 996. The normalized spacial score (nSPS) is 11.3. The van der Waals surface area contributed by atoms with E-state index in [4.69, 9.17) is 0 Å². The van der Waals surface area contributed by atoms with Crippen molar-refractivity contribution in [2.24, 2.45) is 0 Å². The van der Waals surface area contributed by atoms with Gasteiger partial charge in [-0.1, -0.05) is 58.0 Å². The standard InChI is InChI=1S/C28H29N2/c1-21(2)23-5-9-27(10-6-23)29-17-13-25(14-18-29)26-15-19-30(20-16-26)28-11-7-24(8-12-28)22(3)4/h5-15,17-22H,1-4H3/q+1. The summed E-state index contributed by atoms with van der Waals surface area (Å²) in [5.41, 5.74) is 7.29. The Kier molecular flexibility index (Phi) is 5.76. The Morgan fingerprint density at radius 1 is 0.567 bits per heavy atom. The molecule has 2 heteroatoms. The van der Waals surface area contributed by atoms with Gasteiger partial charge in [-0.25, -0.2) is 0 Å². The van der Waals surface area contributed by atoms with Crippen LogP contribution in [0, 0.1) is 6.07 Å². The Morgan fingerprint density at radius 2 is 1.03 bits per heavy atom. The fraction of sp³-hybridized carbons (Fsp3) is 0.214. The lowest BCUT2D eigenvalue weighted by molar-refractivity contribution is -0.596. The smallest absolute Gasteiger partial charge is 0.191 e. The molecule has 2 aromatic heterocycles. The fourth-order valence-electron chi connectivity index (χ4n) is 3.57. The topological polar surface area (TPSA) is 7.76 Å². The second-order valence-electron chi connectivity index (χ2n) is 8.40. The second-order valence-corrected chi connectivity index (χ2v) is 8.40. The summed E-state index contributed by atoms with van der Waals surface area (Å²) in [6.45, 7) is 8.87. The molecule has 2 heterocycles. The summed E-state index contributed by atoms with van der Waals surface area (Å²) in [6, 6.07) is 27.3. The summed E-state index contributed by atoms with van der Waals surface area (Å²) in [4.78, 5) is 0. The number of hydrogen-bond donors (Lipinski definition) is 0. The fourth-order valence-corrected chi connectivity index (χ4v) is 3.57. The number of rotatable bonds is 5. The molecule has 0 spiro atoms. The van der Waals surface area contributed by atoms with Crippen LogP contribution in [-0.2, 0) is 0 Å². The van der Waals surface area contributed by atoms with Gasteiger partial charge in [0.05, 0.1) is 0 Å². The summed E-state index contributed by atoms with van der Waals surface area (Å²) >= 11 is 0. The molecule has 0 bridgehead atoms. The predicted molar refractivity (Wildman–Crippen MR) is 122 cm³/mol. The third kappa shape index (κ3) is 4.33. The van der Waals surface area contributed by atoms with Crippen molar-refractivity contribution in [2.75, 3.05) is 0 Å². The SMILES string of the molecule is CC(C)c1ccc(-[n+]2c[c-]c(-c3cc[n+](-c4ccc(C(C)C)cc4)cc3)cc2)cc1. The van der Waals surface area contributed by atoms with Gasteiger partial charge in [0.25, 0.3) is 0 Å². The van der Waals surface area contributed by atoms with Crippen molar-refractivity contribution in [2.45, 2.75) is 39.5 Å². The number of benzene rings is 2. The quantitative estimate of drug-likeness (QED) is 0.292. The van der Waals surface area contributed by atoms with Crippen LogP contribution in [0.4, 0.5) is 0 Å². The molecule has 0 atom stereocenters. The minimum atomic E-state index is 0.548. The van der Waals surface area contributed by atoms with E-state index in [0.717, 1.165) is 16.8 Å². The monoisotopic (exact) mass is 393 g/mol. The van der Waals surface area contributed by atoms with E-state index >= 15 is 0 Å². The lowest BCUT2D eigenvalue weighted by Gasteiger charge is -2.09. The minimum absolute atomic E-state index is 0.548. The van der Waals surface area contributed by atoms with Gasteiger partial charge in [0.15, 0.2) is 12.4 Å². The molecule has 0 fully saturated rings. The van der Waals surface area contributed by atoms with Crippen molar-refractivity contribution in [1.29, 1.82) is 0 Å². The van der Waals surface area contributed by atoms with Crippen molar-refractivity contribution in [3.05, 3.63) is 109 Å². The van der Waals surface area contributed by atoms with Crippen LogP contribution in [0.15, 0.2) is 91.5 Å². The zero-order valence-corrected chi connectivity index (χ0v) is 18.2. The molecule has 4 aromatic rings. The lowest BCUT2D eigenvalue weighted by atomic mass is 10.0. The van der Waals surface area contributed by atoms with Gasteiger partial charge >= 0.3 is 0 Å². The lowest BCUT2D eigenvalue weighted by Crippen LogP contribution is -2.29. The first-order valence-corrected chi connectivity index (χ1v) is 10.7. The first kappa shape index (κ1) is 20.0. The maximum absolute atomic E-state index is 3.42. The molecule has 0 N–H and O–H groups in total. The van der Waals surface area contributed by atoms with E-state index < -0.39 is 0 Å². The Hall–Kier alpha value is -3.26. The molecule has 2 nitrogen and oxygen atoms in total. The maximum atomic E-state index is 3.42. The third-order valence-corrected chi connectivity index (χ3v) is 5.62. The Labute approximate surface area is 180 Å².